The van der Waals surface area contributed by atoms with Crippen LogP contribution in [0.5, 0.6) is 0 Å². The van der Waals surface area contributed by atoms with Crippen molar-refractivity contribution in [2.75, 3.05) is 11.0 Å². The maximum Gasteiger partial charge on any atom is 0.253 e. The summed E-state index contributed by atoms with van der Waals surface area (Å²) in [6.07, 6.45) is 5.32. The number of anilines is 1. The molecular formula is C20H24N4O3S. The van der Waals surface area contributed by atoms with Gasteiger partial charge in [0.2, 0.25) is 10.0 Å². The van der Waals surface area contributed by atoms with Crippen LogP contribution in [-0.2, 0) is 23.6 Å². The van der Waals surface area contributed by atoms with Crippen LogP contribution in [0.2, 0.25) is 0 Å². The molecule has 148 valence electrons. The van der Waals surface area contributed by atoms with E-state index in [1.54, 1.807) is 24.7 Å². The number of fused-ring (bicyclic) bond motifs is 1. The molecule has 0 atom stereocenters. The molecule has 0 bridgehead atoms. The molecule has 1 aliphatic rings. The summed E-state index contributed by atoms with van der Waals surface area (Å²) in [6, 6.07) is 5.69. The predicted octanol–water partition coefficient (Wildman–Crippen LogP) is 2.80. The van der Waals surface area contributed by atoms with Crippen molar-refractivity contribution in [2.24, 2.45) is 13.0 Å². The monoisotopic (exact) mass is 400 g/mol. The molecule has 0 radical (unpaired) electrons. The molecule has 0 unspecified atom stereocenters. The van der Waals surface area contributed by atoms with E-state index in [-0.39, 0.29) is 5.56 Å². The Morgan fingerprint density at radius 2 is 1.89 bits per heavy atom. The van der Waals surface area contributed by atoms with Crippen LogP contribution in [0.1, 0.15) is 24.1 Å². The lowest BCUT2D eigenvalue weighted by atomic mass is 10.0. The highest BCUT2D eigenvalue weighted by Crippen LogP contribution is 2.36. The fourth-order valence-electron chi connectivity index (χ4n) is 3.66. The molecule has 8 heteroatoms. The number of nitrogens with one attached hydrogen (secondary N) is 1. The average molecular weight is 401 g/mol. The summed E-state index contributed by atoms with van der Waals surface area (Å²) in [5, 5.41) is 5.49. The van der Waals surface area contributed by atoms with Gasteiger partial charge in [0.1, 0.15) is 0 Å². The van der Waals surface area contributed by atoms with Gasteiger partial charge in [-0.3, -0.25) is 14.2 Å². The van der Waals surface area contributed by atoms with Gasteiger partial charge in [-0.25, -0.2) is 8.42 Å². The fraction of sp³-hybridized carbons (Fsp3) is 0.400. The summed E-state index contributed by atoms with van der Waals surface area (Å²) in [5.41, 5.74) is 4.50. The normalized spacial score (nSPS) is 14.6. The third kappa shape index (κ3) is 3.56. The van der Waals surface area contributed by atoms with E-state index in [4.69, 9.17) is 0 Å². The Labute approximate surface area is 164 Å². The van der Waals surface area contributed by atoms with Crippen molar-refractivity contribution < 1.29 is 8.42 Å². The Kier molecular flexibility index (Phi) is 4.33. The molecule has 1 aromatic carbocycles. The van der Waals surface area contributed by atoms with Crippen molar-refractivity contribution in [3.63, 3.8) is 0 Å². The van der Waals surface area contributed by atoms with Crippen LogP contribution in [0.4, 0.5) is 5.69 Å². The highest BCUT2D eigenvalue weighted by atomic mass is 32.2. The van der Waals surface area contributed by atoms with Gasteiger partial charge < -0.3 is 4.57 Å². The first-order chi connectivity index (χ1) is 13.1. The van der Waals surface area contributed by atoms with Gasteiger partial charge in [0.15, 0.2) is 0 Å². The lowest BCUT2D eigenvalue weighted by Crippen LogP contribution is -2.18. The minimum Gasteiger partial charge on any atom is -0.318 e. The number of rotatable bonds is 5. The van der Waals surface area contributed by atoms with Crippen molar-refractivity contribution in [1.29, 1.82) is 0 Å². The Morgan fingerprint density at radius 3 is 2.50 bits per heavy atom. The summed E-state index contributed by atoms with van der Waals surface area (Å²) < 4.78 is 30.1. The molecule has 2 heterocycles. The van der Waals surface area contributed by atoms with E-state index in [1.165, 1.54) is 12.8 Å². The van der Waals surface area contributed by atoms with Crippen LogP contribution in [0.25, 0.3) is 22.0 Å². The second kappa shape index (κ2) is 6.48. The number of aromatic nitrogens is 3. The quantitative estimate of drug-likeness (QED) is 0.714. The van der Waals surface area contributed by atoms with Crippen LogP contribution in [-0.4, -0.2) is 29.0 Å². The fourth-order valence-corrected chi connectivity index (χ4v) is 4.22. The van der Waals surface area contributed by atoms with Crippen molar-refractivity contribution >= 4 is 26.6 Å². The van der Waals surface area contributed by atoms with E-state index in [0.29, 0.717) is 17.2 Å². The number of benzene rings is 1. The molecule has 1 aliphatic carbocycles. The number of nitrogens with zero attached hydrogens (tertiary/aromatic N) is 3. The van der Waals surface area contributed by atoms with E-state index in [1.807, 2.05) is 29.8 Å². The summed E-state index contributed by atoms with van der Waals surface area (Å²) in [4.78, 5) is 12.1. The summed E-state index contributed by atoms with van der Waals surface area (Å²) in [5.74, 6) is 0.636. The first kappa shape index (κ1) is 18.7. The zero-order valence-electron chi connectivity index (χ0n) is 16.5. The molecule has 1 N–H and O–H groups in total. The first-order valence-corrected chi connectivity index (χ1v) is 11.2. The number of hydrogen-bond donors (Lipinski definition) is 1. The van der Waals surface area contributed by atoms with E-state index in [0.717, 1.165) is 40.5 Å². The maximum atomic E-state index is 12.1. The van der Waals surface area contributed by atoms with Gasteiger partial charge >= 0.3 is 0 Å². The molecule has 0 amide bonds. The number of pyridine rings is 1. The number of hydrogen-bond acceptors (Lipinski definition) is 4. The Hall–Kier alpha value is -2.61. The molecule has 0 saturated heterocycles. The van der Waals surface area contributed by atoms with Crippen LogP contribution in [0, 0.1) is 19.8 Å². The maximum absolute atomic E-state index is 12.1. The van der Waals surface area contributed by atoms with Crippen molar-refractivity contribution in [2.45, 2.75) is 33.2 Å². The molecular weight excluding hydrogens is 376 g/mol. The summed E-state index contributed by atoms with van der Waals surface area (Å²) in [6.45, 7) is 4.51. The molecule has 3 aromatic rings. The Balaban J connectivity index is 1.97. The van der Waals surface area contributed by atoms with E-state index < -0.39 is 10.0 Å². The van der Waals surface area contributed by atoms with Gasteiger partial charge in [-0.15, -0.1) is 0 Å². The molecule has 1 saturated carbocycles. The standard InChI is InChI=1S/C20H24N4O3S/c1-12-7-16(11-23(3)20(12)25)15-8-17(22-28(4,26)27)19-13(2)21-24(18(19)9-15)10-14-5-6-14/h7-9,11,14,22H,5-6,10H2,1-4H3. The van der Waals surface area contributed by atoms with Gasteiger partial charge in [-0.2, -0.15) is 5.10 Å². The van der Waals surface area contributed by atoms with E-state index in [2.05, 4.69) is 9.82 Å². The van der Waals surface area contributed by atoms with Crippen molar-refractivity contribution in [3.8, 4) is 11.1 Å². The first-order valence-electron chi connectivity index (χ1n) is 9.29. The van der Waals surface area contributed by atoms with Gasteiger partial charge in [0, 0.05) is 30.7 Å². The van der Waals surface area contributed by atoms with E-state index in [9.17, 15) is 13.2 Å². The van der Waals surface area contributed by atoms with Crippen LogP contribution in [0.3, 0.4) is 0 Å². The molecule has 1 fully saturated rings. The van der Waals surface area contributed by atoms with Crippen LogP contribution in [0.15, 0.2) is 29.2 Å². The third-order valence-electron chi connectivity index (χ3n) is 5.15. The molecule has 0 aliphatic heterocycles. The van der Waals surface area contributed by atoms with Crippen LogP contribution < -0.4 is 10.3 Å². The number of aryl methyl sites for hydroxylation is 3. The second-order valence-corrected chi connectivity index (χ2v) is 9.58. The highest BCUT2D eigenvalue weighted by molar-refractivity contribution is 7.92. The summed E-state index contributed by atoms with van der Waals surface area (Å²) in [7, 11) is -1.73. The van der Waals surface area contributed by atoms with Crippen molar-refractivity contribution in [3.05, 3.63) is 46.0 Å². The Morgan fingerprint density at radius 1 is 1.18 bits per heavy atom. The SMILES string of the molecule is Cc1cc(-c2cc(NS(C)(=O)=O)c3c(C)nn(CC4CC4)c3c2)cn(C)c1=O. The Bertz CT molecular complexity index is 1220. The lowest BCUT2D eigenvalue weighted by Gasteiger charge is -2.12. The van der Waals surface area contributed by atoms with Gasteiger partial charge in [-0.1, -0.05) is 0 Å². The molecule has 7 nitrogen and oxygen atoms in total. The largest absolute Gasteiger partial charge is 0.318 e. The topological polar surface area (TPSA) is 86.0 Å². The van der Waals surface area contributed by atoms with Crippen LogP contribution >= 0.6 is 0 Å². The molecule has 28 heavy (non-hydrogen) atoms. The van der Waals surface area contributed by atoms with Crippen molar-refractivity contribution in [1.82, 2.24) is 14.3 Å². The molecule has 2 aromatic heterocycles. The average Bonchev–Trinajstić information content (AvgIpc) is 3.34. The van der Waals surface area contributed by atoms with Gasteiger partial charge in [-0.05, 0) is 61.9 Å². The predicted molar refractivity (Wildman–Crippen MR) is 111 cm³/mol. The zero-order chi connectivity index (χ0) is 20.2. The third-order valence-corrected chi connectivity index (χ3v) is 5.74. The zero-order valence-corrected chi connectivity index (χ0v) is 17.3. The van der Waals surface area contributed by atoms with Gasteiger partial charge in [0.25, 0.3) is 5.56 Å². The summed E-state index contributed by atoms with van der Waals surface area (Å²) >= 11 is 0. The number of sulfonamides is 1. The second-order valence-electron chi connectivity index (χ2n) is 7.83. The van der Waals surface area contributed by atoms with E-state index >= 15 is 0 Å². The minimum absolute atomic E-state index is 0.0473. The smallest absolute Gasteiger partial charge is 0.253 e. The van der Waals surface area contributed by atoms with Gasteiger partial charge in [0.05, 0.1) is 23.2 Å². The molecule has 0 spiro atoms. The minimum atomic E-state index is -3.45. The lowest BCUT2D eigenvalue weighted by molar-refractivity contribution is 0.576. The highest BCUT2D eigenvalue weighted by Gasteiger charge is 2.24. The molecule has 4 rings (SSSR count).